The molecule has 2 rings (SSSR count). The molecule has 0 bridgehead atoms. The lowest BCUT2D eigenvalue weighted by atomic mass is 10.2. The quantitative estimate of drug-likeness (QED) is 0.332. The first kappa shape index (κ1) is 18.7. The summed E-state index contributed by atoms with van der Waals surface area (Å²) in [7, 11) is 0. The average molecular weight is 357 g/mol. The van der Waals surface area contributed by atoms with Crippen LogP contribution in [0.4, 0.5) is 11.4 Å². The fraction of sp³-hybridized carbons (Fsp3) is 0.143. The number of benzene rings is 2. The van der Waals surface area contributed by atoms with Gasteiger partial charge in [0.1, 0.15) is 17.3 Å². The van der Waals surface area contributed by atoms with Crippen LogP contribution in [0.3, 0.4) is 0 Å². The molecule has 0 atom stereocenters. The number of nitro groups is 2. The molecule has 0 saturated carbocycles. The zero-order chi connectivity index (χ0) is 16.1. The predicted molar refractivity (Wildman–Crippen MR) is 84.0 cm³/mol. The number of hydrogen-bond donors (Lipinski definition) is 1. The van der Waals surface area contributed by atoms with E-state index >= 15 is 0 Å². The van der Waals surface area contributed by atoms with Crippen LogP contribution in [-0.4, -0.2) is 15.0 Å². The van der Waals surface area contributed by atoms with Crippen molar-refractivity contribution in [1.29, 1.82) is 0 Å². The van der Waals surface area contributed by atoms with Crippen molar-refractivity contribution in [1.82, 2.24) is 0 Å². The molecule has 0 unspecified atom stereocenters. The van der Waals surface area contributed by atoms with Crippen molar-refractivity contribution in [2.24, 2.45) is 0 Å². The monoisotopic (exact) mass is 356 g/mol. The highest BCUT2D eigenvalue weighted by Gasteiger charge is 2.17. The van der Waals surface area contributed by atoms with Gasteiger partial charge in [-0.25, -0.2) is 0 Å². The highest BCUT2D eigenvalue weighted by molar-refractivity contribution is 7.76. The lowest BCUT2D eigenvalue weighted by molar-refractivity contribution is -0.394. The van der Waals surface area contributed by atoms with Gasteiger partial charge in [-0.3, -0.25) is 20.2 Å². The maximum absolute atomic E-state index is 10.8. The summed E-state index contributed by atoms with van der Waals surface area (Å²) in [6, 6.07) is 10.4. The highest BCUT2D eigenvalue weighted by Crippen LogP contribution is 2.23. The molecule has 0 aliphatic carbocycles. The van der Waals surface area contributed by atoms with Gasteiger partial charge in [0.15, 0.2) is 0 Å². The van der Waals surface area contributed by atoms with E-state index in [-0.39, 0.29) is 29.5 Å². The Bertz CT molecular complexity index is 677. The van der Waals surface area contributed by atoms with Crippen molar-refractivity contribution >= 4 is 23.1 Å². The predicted octanol–water partition coefficient (Wildman–Crippen LogP) is -0.272. The molecule has 0 aliphatic rings. The molecule has 23 heavy (non-hydrogen) atoms. The summed E-state index contributed by atoms with van der Waals surface area (Å²) in [5, 5.41) is 30.8. The number of hydrogen-bond acceptors (Lipinski definition) is 5. The van der Waals surface area contributed by atoms with Crippen LogP contribution in [0.15, 0.2) is 42.5 Å². The van der Waals surface area contributed by atoms with Crippen molar-refractivity contribution in [2.45, 2.75) is 11.5 Å². The second-order valence-corrected chi connectivity index (χ2v) is 5.66. The zero-order valence-electron chi connectivity index (χ0n) is 11.8. The third-order valence-electron chi connectivity index (χ3n) is 2.91. The summed E-state index contributed by atoms with van der Waals surface area (Å²) >= 11 is 0.958. The molecule has 1 N–H and O–H groups in total. The van der Waals surface area contributed by atoms with Gasteiger partial charge in [-0.05, 0) is 23.9 Å². The molecular formula is C14H13ClN2O5S. The number of aromatic hydroxyl groups is 1. The summed E-state index contributed by atoms with van der Waals surface area (Å²) in [4.78, 5) is 20.4. The van der Waals surface area contributed by atoms with Crippen LogP contribution in [0.5, 0.6) is 5.75 Å². The summed E-state index contributed by atoms with van der Waals surface area (Å²) in [5.74, 6) is 1.36. The number of thiol groups is 1. The molecule has 0 aromatic heterocycles. The van der Waals surface area contributed by atoms with E-state index in [1.807, 2.05) is 0 Å². The first-order valence-electron chi connectivity index (χ1n) is 6.29. The Morgan fingerprint density at radius 1 is 0.870 bits per heavy atom. The molecule has 0 saturated heterocycles. The Morgan fingerprint density at radius 3 is 1.83 bits per heavy atom. The molecule has 2 aromatic rings. The number of phenols is 1. The van der Waals surface area contributed by atoms with E-state index in [1.54, 1.807) is 24.3 Å². The van der Waals surface area contributed by atoms with Crippen LogP contribution in [0, 0.1) is 20.2 Å². The standard InChI is InChI=1S/C14H12N2O5S.ClH/c17-14-3-1-10(2-4-14)8-22-9-11-5-12(15(18)19)7-13(6-11)16(20)21;/h1-7,17H,8-9H2;1H. The third kappa shape index (κ3) is 5.42. The fourth-order valence-electron chi connectivity index (χ4n) is 1.87. The van der Waals surface area contributed by atoms with Crippen LogP contribution in [-0.2, 0) is 23.3 Å². The van der Waals surface area contributed by atoms with Crippen molar-refractivity contribution in [3.63, 3.8) is 0 Å². The van der Waals surface area contributed by atoms with Gasteiger partial charge in [0.25, 0.3) is 11.4 Å². The van der Waals surface area contributed by atoms with Crippen LogP contribution < -0.4 is 12.4 Å². The van der Waals surface area contributed by atoms with E-state index in [0.29, 0.717) is 17.1 Å². The number of nitro benzene ring substituents is 2. The molecule has 2 aromatic carbocycles. The van der Waals surface area contributed by atoms with E-state index in [2.05, 4.69) is 0 Å². The van der Waals surface area contributed by atoms with Gasteiger partial charge in [-0.15, -0.1) is 0 Å². The van der Waals surface area contributed by atoms with Crippen molar-refractivity contribution < 1.29 is 27.4 Å². The minimum absolute atomic E-state index is 0. The minimum atomic E-state index is -0.632. The molecule has 7 nitrogen and oxygen atoms in total. The molecule has 122 valence electrons. The Balaban J connectivity index is 0.00000264. The Morgan fingerprint density at radius 2 is 1.35 bits per heavy atom. The third-order valence-corrected chi connectivity index (χ3v) is 4.09. The van der Waals surface area contributed by atoms with Gasteiger partial charge in [0.05, 0.1) is 15.9 Å². The van der Waals surface area contributed by atoms with Gasteiger partial charge in [-0.1, -0.05) is 12.1 Å². The Kier molecular flexibility index (Phi) is 6.80. The maximum Gasteiger partial charge on any atom is 0.276 e. The second kappa shape index (κ2) is 8.35. The average Bonchev–Trinajstić information content (AvgIpc) is 2.49. The Labute approximate surface area is 142 Å². The van der Waals surface area contributed by atoms with E-state index in [4.69, 9.17) is 0 Å². The van der Waals surface area contributed by atoms with Crippen molar-refractivity contribution in [2.75, 3.05) is 0 Å². The first-order valence-corrected chi connectivity index (χ1v) is 7.56. The largest absolute Gasteiger partial charge is 1.00 e. The summed E-state index contributed by atoms with van der Waals surface area (Å²) in [6.45, 7) is 0. The van der Waals surface area contributed by atoms with Crippen molar-refractivity contribution in [3.8, 4) is 5.75 Å². The number of halogens is 1. The topological polar surface area (TPSA) is 107 Å². The molecule has 0 aliphatic heterocycles. The molecule has 0 radical (unpaired) electrons. The number of nitrogens with zero attached hydrogens (tertiary/aromatic N) is 2. The first-order chi connectivity index (χ1) is 10.5. The van der Waals surface area contributed by atoms with E-state index < -0.39 is 9.85 Å². The summed E-state index contributed by atoms with van der Waals surface area (Å²) in [5.41, 5.74) is 1.02. The van der Waals surface area contributed by atoms with E-state index in [0.717, 1.165) is 23.4 Å². The summed E-state index contributed by atoms with van der Waals surface area (Å²) < 4.78 is 0. The number of non-ortho nitro benzene ring substituents is 2. The van der Waals surface area contributed by atoms with E-state index in [9.17, 15) is 25.3 Å². The molecule has 9 heteroatoms. The second-order valence-electron chi connectivity index (χ2n) is 4.58. The fourth-order valence-corrected chi connectivity index (χ4v) is 2.90. The van der Waals surface area contributed by atoms with Crippen LogP contribution in [0.2, 0.25) is 0 Å². The van der Waals surface area contributed by atoms with Crippen molar-refractivity contribution in [3.05, 3.63) is 73.8 Å². The van der Waals surface area contributed by atoms with Gasteiger partial charge in [-0.2, -0.15) is 0 Å². The molecule has 0 spiro atoms. The highest BCUT2D eigenvalue weighted by atomic mass is 35.5. The zero-order valence-corrected chi connectivity index (χ0v) is 13.4. The number of phenolic OH excluding ortho intramolecular Hbond substituents is 1. The maximum atomic E-state index is 10.8. The van der Waals surface area contributed by atoms with Gasteiger partial charge in [0, 0.05) is 23.3 Å². The SMILES string of the molecule is O=[N+]([O-])c1cc(C[SH+]Cc2ccc(O)cc2)cc([N+](=O)[O-])c1.[Cl-]. The summed E-state index contributed by atoms with van der Waals surface area (Å²) in [6.07, 6.45) is 0. The van der Waals surface area contributed by atoms with E-state index in [1.165, 1.54) is 12.1 Å². The lowest BCUT2D eigenvalue weighted by Gasteiger charge is -1.99. The van der Waals surface area contributed by atoms with Crippen LogP contribution >= 0.6 is 0 Å². The normalized spacial score (nSPS) is 9.91. The molecule has 0 amide bonds. The van der Waals surface area contributed by atoms with Crippen LogP contribution in [0.1, 0.15) is 11.1 Å². The number of rotatable bonds is 6. The molecule has 0 heterocycles. The van der Waals surface area contributed by atoms with Gasteiger partial charge in [0.2, 0.25) is 0 Å². The Hall–Kier alpha value is -2.32. The minimum Gasteiger partial charge on any atom is -1.00 e. The lowest BCUT2D eigenvalue weighted by Crippen LogP contribution is -3.00. The van der Waals surface area contributed by atoms with Crippen LogP contribution in [0.25, 0.3) is 0 Å². The van der Waals surface area contributed by atoms with Gasteiger partial charge >= 0.3 is 0 Å². The smallest absolute Gasteiger partial charge is 0.276 e. The van der Waals surface area contributed by atoms with Gasteiger partial charge < -0.3 is 17.5 Å². The molecule has 0 fully saturated rings. The molecular weight excluding hydrogens is 344 g/mol.